The molecule has 1 atom stereocenters. The van der Waals surface area contributed by atoms with E-state index in [2.05, 4.69) is 17.6 Å². The van der Waals surface area contributed by atoms with Crippen LogP contribution in [0.25, 0.3) is 0 Å². The lowest BCUT2D eigenvalue weighted by Gasteiger charge is -2.25. The van der Waals surface area contributed by atoms with Crippen LogP contribution in [0, 0.1) is 0 Å². The number of urea groups is 1. The zero-order valence-corrected chi connectivity index (χ0v) is 12.6. The van der Waals surface area contributed by atoms with Crippen LogP contribution in [0.15, 0.2) is 24.3 Å². The molecule has 0 fully saturated rings. The van der Waals surface area contributed by atoms with Gasteiger partial charge in [0.15, 0.2) is 0 Å². The van der Waals surface area contributed by atoms with Crippen LogP contribution in [0.3, 0.4) is 0 Å². The van der Waals surface area contributed by atoms with Gasteiger partial charge in [0.2, 0.25) is 0 Å². The molecular formula is C15H23N3O2. The number of amides is 3. The maximum absolute atomic E-state index is 12.1. The molecule has 0 bridgehead atoms. The van der Waals surface area contributed by atoms with E-state index in [0.717, 1.165) is 12.8 Å². The maximum atomic E-state index is 12.1. The first-order chi connectivity index (χ1) is 9.49. The van der Waals surface area contributed by atoms with Crippen LogP contribution in [0.4, 0.5) is 10.5 Å². The number of nitrogens with zero attached hydrogens (tertiary/aromatic N) is 1. The summed E-state index contributed by atoms with van der Waals surface area (Å²) in [7, 11) is 3.35. The highest BCUT2D eigenvalue weighted by atomic mass is 16.2. The molecule has 110 valence electrons. The number of rotatable bonds is 5. The molecule has 2 N–H and O–H groups in total. The molecule has 0 radical (unpaired) electrons. The highest BCUT2D eigenvalue weighted by molar-refractivity contribution is 5.96. The predicted molar refractivity (Wildman–Crippen MR) is 81.0 cm³/mol. The molecule has 1 aromatic rings. The van der Waals surface area contributed by atoms with Gasteiger partial charge in [0.1, 0.15) is 0 Å². The standard InChI is InChI=1S/C15H23N3O2/c1-5-7-11(2)18(4)15(20)17-13-9-6-8-12(10-13)14(19)16-3/h6,8-11H,5,7H2,1-4H3,(H,16,19)(H,17,20)/t11-/m1/s1. The number of anilines is 1. The maximum Gasteiger partial charge on any atom is 0.321 e. The van der Waals surface area contributed by atoms with Crippen molar-refractivity contribution in [2.24, 2.45) is 0 Å². The third-order valence-corrected chi connectivity index (χ3v) is 3.29. The highest BCUT2D eigenvalue weighted by Crippen LogP contribution is 2.12. The van der Waals surface area contributed by atoms with Gasteiger partial charge in [-0.3, -0.25) is 4.79 Å². The van der Waals surface area contributed by atoms with Gasteiger partial charge in [-0.1, -0.05) is 19.4 Å². The van der Waals surface area contributed by atoms with E-state index in [1.165, 1.54) is 0 Å². The Morgan fingerprint density at radius 2 is 2.05 bits per heavy atom. The smallest absolute Gasteiger partial charge is 0.321 e. The number of carbonyl (C=O) groups excluding carboxylic acids is 2. The molecule has 20 heavy (non-hydrogen) atoms. The number of benzene rings is 1. The van der Waals surface area contributed by atoms with Crippen LogP contribution in [0.1, 0.15) is 37.0 Å². The van der Waals surface area contributed by atoms with E-state index in [4.69, 9.17) is 0 Å². The summed E-state index contributed by atoms with van der Waals surface area (Å²) in [6.45, 7) is 4.11. The number of hydrogen-bond acceptors (Lipinski definition) is 2. The Morgan fingerprint density at radius 3 is 2.65 bits per heavy atom. The van der Waals surface area contributed by atoms with Gasteiger partial charge < -0.3 is 15.5 Å². The quantitative estimate of drug-likeness (QED) is 0.869. The number of hydrogen-bond donors (Lipinski definition) is 2. The van der Waals surface area contributed by atoms with E-state index < -0.39 is 0 Å². The van der Waals surface area contributed by atoms with Crippen LogP contribution < -0.4 is 10.6 Å². The Balaban J connectivity index is 2.73. The Kier molecular flexibility index (Phi) is 6.03. The summed E-state index contributed by atoms with van der Waals surface area (Å²) in [4.78, 5) is 25.3. The van der Waals surface area contributed by atoms with Crippen LogP contribution in [-0.4, -0.2) is 37.0 Å². The third-order valence-electron chi connectivity index (χ3n) is 3.29. The first kappa shape index (κ1) is 16.0. The lowest BCUT2D eigenvalue weighted by atomic mass is 10.2. The molecule has 5 nitrogen and oxygen atoms in total. The Hall–Kier alpha value is -2.04. The monoisotopic (exact) mass is 277 g/mol. The molecule has 0 spiro atoms. The number of nitrogens with one attached hydrogen (secondary N) is 2. The highest BCUT2D eigenvalue weighted by Gasteiger charge is 2.15. The fourth-order valence-corrected chi connectivity index (χ4v) is 1.91. The van der Waals surface area contributed by atoms with E-state index in [9.17, 15) is 9.59 Å². The minimum absolute atomic E-state index is 0.167. The van der Waals surface area contributed by atoms with Crippen LogP contribution >= 0.6 is 0 Å². The summed E-state index contributed by atoms with van der Waals surface area (Å²) in [5.74, 6) is -0.172. The van der Waals surface area contributed by atoms with Crippen molar-refractivity contribution in [1.29, 1.82) is 0 Å². The first-order valence-corrected chi connectivity index (χ1v) is 6.85. The molecule has 0 aliphatic rings. The minimum atomic E-state index is -0.172. The van der Waals surface area contributed by atoms with E-state index in [-0.39, 0.29) is 18.0 Å². The molecule has 1 aromatic carbocycles. The molecule has 5 heteroatoms. The Bertz CT molecular complexity index is 474. The molecule has 1 rings (SSSR count). The van der Waals surface area contributed by atoms with Crippen molar-refractivity contribution in [3.63, 3.8) is 0 Å². The second-order valence-electron chi connectivity index (χ2n) is 4.84. The van der Waals surface area contributed by atoms with Crippen molar-refractivity contribution >= 4 is 17.6 Å². The molecule has 0 aliphatic heterocycles. The lowest BCUT2D eigenvalue weighted by Crippen LogP contribution is -2.38. The molecule has 0 heterocycles. The fourth-order valence-electron chi connectivity index (χ4n) is 1.91. The van der Waals surface area contributed by atoms with E-state index >= 15 is 0 Å². The van der Waals surface area contributed by atoms with Crippen molar-refractivity contribution < 1.29 is 9.59 Å². The van der Waals surface area contributed by atoms with Gasteiger partial charge in [-0.05, 0) is 31.5 Å². The first-order valence-electron chi connectivity index (χ1n) is 6.85. The van der Waals surface area contributed by atoms with Crippen LogP contribution in [0.2, 0.25) is 0 Å². The van der Waals surface area contributed by atoms with Gasteiger partial charge in [-0.25, -0.2) is 4.79 Å². The van der Waals surface area contributed by atoms with E-state index in [1.807, 2.05) is 6.92 Å². The Labute approximate surface area is 120 Å². The summed E-state index contributed by atoms with van der Waals surface area (Å²) in [6, 6.07) is 6.90. The molecule has 3 amide bonds. The van der Waals surface area contributed by atoms with Crippen LogP contribution in [0.5, 0.6) is 0 Å². The van der Waals surface area contributed by atoms with Gasteiger partial charge in [0.25, 0.3) is 5.91 Å². The minimum Gasteiger partial charge on any atom is -0.355 e. The molecule has 0 saturated carbocycles. The predicted octanol–water partition coefficient (Wildman–Crippen LogP) is 2.70. The second-order valence-corrected chi connectivity index (χ2v) is 4.84. The lowest BCUT2D eigenvalue weighted by molar-refractivity contribution is 0.0963. The van der Waals surface area contributed by atoms with Gasteiger partial charge >= 0.3 is 6.03 Å². The topological polar surface area (TPSA) is 61.4 Å². The van der Waals surface area contributed by atoms with Crippen molar-refractivity contribution in [1.82, 2.24) is 10.2 Å². The van der Waals surface area contributed by atoms with Gasteiger partial charge in [-0.2, -0.15) is 0 Å². The summed E-state index contributed by atoms with van der Waals surface area (Å²) in [5, 5.41) is 5.36. The third kappa shape index (κ3) is 4.26. The van der Waals surface area contributed by atoms with Crippen molar-refractivity contribution in [3.05, 3.63) is 29.8 Å². The molecule has 0 unspecified atom stereocenters. The summed E-state index contributed by atoms with van der Waals surface area (Å²) >= 11 is 0. The van der Waals surface area contributed by atoms with E-state index in [1.54, 1.807) is 43.3 Å². The Morgan fingerprint density at radius 1 is 1.35 bits per heavy atom. The zero-order valence-electron chi connectivity index (χ0n) is 12.6. The summed E-state index contributed by atoms with van der Waals surface area (Å²) < 4.78 is 0. The molecule has 0 aliphatic carbocycles. The zero-order chi connectivity index (χ0) is 15.1. The summed E-state index contributed by atoms with van der Waals surface area (Å²) in [6.07, 6.45) is 1.99. The van der Waals surface area contributed by atoms with Gasteiger partial charge in [0.05, 0.1) is 0 Å². The SMILES string of the molecule is CCC[C@@H](C)N(C)C(=O)Nc1cccc(C(=O)NC)c1. The van der Waals surface area contributed by atoms with Gasteiger partial charge in [-0.15, -0.1) is 0 Å². The number of carbonyl (C=O) groups is 2. The van der Waals surface area contributed by atoms with Crippen LogP contribution in [-0.2, 0) is 0 Å². The summed E-state index contributed by atoms with van der Waals surface area (Å²) in [5.41, 5.74) is 1.14. The molecule has 0 aromatic heterocycles. The second kappa shape index (κ2) is 7.53. The molecule has 0 saturated heterocycles. The van der Waals surface area contributed by atoms with Crippen molar-refractivity contribution in [2.75, 3.05) is 19.4 Å². The largest absolute Gasteiger partial charge is 0.355 e. The van der Waals surface area contributed by atoms with E-state index in [0.29, 0.717) is 11.3 Å². The molecular weight excluding hydrogens is 254 g/mol. The van der Waals surface area contributed by atoms with Crippen molar-refractivity contribution in [3.8, 4) is 0 Å². The fraction of sp³-hybridized carbons (Fsp3) is 0.467. The van der Waals surface area contributed by atoms with Crippen molar-refractivity contribution in [2.45, 2.75) is 32.7 Å². The average Bonchev–Trinajstić information content (AvgIpc) is 2.46. The normalized spacial score (nSPS) is 11.6. The average molecular weight is 277 g/mol. The van der Waals surface area contributed by atoms with Gasteiger partial charge in [0, 0.05) is 31.4 Å².